The van der Waals surface area contributed by atoms with Gasteiger partial charge in [-0.05, 0) is 23.3 Å². The van der Waals surface area contributed by atoms with E-state index >= 15 is 0 Å². The Kier molecular flexibility index (Phi) is 2.49. The van der Waals surface area contributed by atoms with Crippen molar-refractivity contribution < 1.29 is 4.42 Å². The second-order valence-corrected chi connectivity index (χ2v) is 3.60. The van der Waals surface area contributed by atoms with E-state index in [1.165, 1.54) is 0 Å². The molecule has 0 bridgehead atoms. The number of hydrogen-bond donors (Lipinski definition) is 2. The lowest BCUT2D eigenvalue weighted by atomic mass is 10.2. The lowest BCUT2D eigenvalue weighted by molar-refractivity contribution is 0.559. The fourth-order valence-corrected chi connectivity index (χ4v) is 1.54. The molecule has 0 aliphatic heterocycles. The van der Waals surface area contributed by atoms with Crippen molar-refractivity contribution in [3.63, 3.8) is 0 Å². The molecular weight excluding hydrogens is 212 g/mol. The summed E-state index contributed by atoms with van der Waals surface area (Å²) in [5.74, 6) is 0. The van der Waals surface area contributed by atoms with Crippen molar-refractivity contribution in [1.29, 1.82) is 4.78 Å². The molecule has 0 spiro atoms. The van der Waals surface area contributed by atoms with E-state index in [9.17, 15) is 4.79 Å². The number of fused-ring (bicyclic) bond motifs is 1. The molecule has 0 radical (unpaired) electrons. The maximum Gasteiger partial charge on any atom is 0.346 e. The molecule has 2 rings (SSSR count). The molecule has 1 aromatic heterocycles. The van der Waals surface area contributed by atoms with Crippen LogP contribution >= 0.6 is 0 Å². The highest BCUT2D eigenvalue weighted by Crippen LogP contribution is 2.11. The second-order valence-electron chi connectivity index (χ2n) is 2.95. The molecule has 0 saturated carbocycles. The van der Waals surface area contributed by atoms with Gasteiger partial charge in [0.15, 0.2) is 0 Å². The summed E-state index contributed by atoms with van der Waals surface area (Å²) >= 11 is 0.585. The van der Waals surface area contributed by atoms with Gasteiger partial charge in [-0.1, -0.05) is 18.2 Å². The Hall–Kier alpha value is -1.72. The van der Waals surface area contributed by atoms with Crippen molar-refractivity contribution in [2.24, 2.45) is 5.73 Å². The van der Waals surface area contributed by atoms with Gasteiger partial charge < -0.3 is 4.42 Å². The van der Waals surface area contributed by atoms with Crippen LogP contribution in [0.4, 0.5) is 0 Å². The summed E-state index contributed by atoms with van der Waals surface area (Å²) < 4.78 is 12.1. The summed E-state index contributed by atoms with van der Waals surface area (Å²) in [5, 5.41) is 0.795. The van der Waals surface area contributed by atoms with Gasteiger partial charge in [0.25, 0.3) is 0 Å². The van der Waals surface area contributed by atoms with Gasteiger partial charge in [0.05, 0.1) is 10.6 Å². The van der Waals surface area contributed by atoms with Crippen LogP contribution in [-0.2, 0) is 11.1 Å². The molecule has 0 fully saturated rings. The number of benzene rings is 1. The molecular formula is C10H8N2O2S. The number of hydrogen-bond acceptors (Lipinski definition) is 3. The van der Waals surface area contributed by atoms with Crippen molar-refractivity contribution in [2.45, 2.75) is 0 Å². The van der Waals surface area contributed by atoms with Crippen LogP contribution in [0.15, 0.2) is 39.5 Å². The highest BCUT2D eigenvalue weighted by atomic mass is 32.1. The van der Waals surface area contributed by atoms with E-state index in [2.05, 4.69) is 0 Å². The lowest BCUT2D eigenvalue weighted by Crippen LogP contribution is -2.21. The molecule has 0 unspecified atom stereocenters. The molecule has 0 amide bonds. The molecule has 76 valence electrons. The zero-order valence-electron chi connectivity index (χ0n) is 7.69. The number of para-hydroxylation sites is 1. The first kappa shape index (κ1) is 9.82. The summed E-state index contributed by atoms with van der Waals surface area (Å²) in [6.07, 6.45) is 0. The SMILES string of the molecule is N=S=C(N)c1cc2ccccc2oc1=O. The monoisotopic (exact) mass is 220 g/mol. The van der Waals surface area contributed by atoms with Gasteiger partial charge in [0.2, 0.25) is 0 Å². The summed E-state index contributed by atoms with van der Waals surface area (Å²) in [7, 11) is 0. The Bertz CT molecular complexity index is 627. The maximum absolute atomic E-state index is 11.5. The molecule has 1 aromatic carbocycles. The predicted molar refractivity (Wildman–Crippen MR) is 60.9 cm³/mol. The Balaban J connectivity index is 2.84. The van der Waals surface area contributed by atoms with Crippen molar-refractivity contribution >= 4 is 27.1 Å². The van der Waals surface area contributed by atoms with Crippen LogP contribution < -0.4 is 11.4 Å². The molecule has 0 aliphatic rings. The lowest BCUT2D eigenvalue weighted by Gasteiger charge is -1.99. The molecule has 3 N–H and O–H groups in total. The van der Waals surface area contributed by atoms with E-state index in [1.807, 2.05) is 12.1 Å². The summed E-state index contributed by atoms with van der Waals surface area (Å²) in [5.41, 5.74) is 5.78. The van der Waals surface area contributed by atoms with Crippen LogP contribution in [0.3, 0.4) is 0 Å². The van der Waals surface area contributed by atoms with E-state index in [4.69, 9.17) is 14.9 Å². The molecule has 15 heavy (non-hydrogen) atoms. The van der Waals surface area contributed by atoms with Crippen LogP contribution in [-0.4, -0.2) is 4.99 Å². The first-order valence-corrected chi connectivity index (χ1v) is 5.03. The Labute approximate surface area is 88.8 Å². The van der Waals surface area contributed by atoms with Gasteiger partial charge in [-0.3, -0.25) is 5.73 Å². The molecule has 5 heteroatoms. The zero-order chi connectivity index (χ0) is 10.8. The third-order valence-corrected chi connectivity index (χ3v) is 2.46. The second kappa shape index (κ2) is 3.80. The van der Waals surface area contributed by atoms with E-state index in [-0.39, 0.29) is 10.6 Å². The fourth-order valence-electron chi connectivity index (χ4n) is 1.29. The summed E-state index contributed by atoms with van der Waals surface area (Å²) in [6.45, 7) is 0. The standard InChI is InChI=1S/C10H8N2O2S/c11-9(15-12)7-5-6-3-1-2-4-8(6)14-10(7)13/h1-5,12H,11H2. The van der Waals surface area contributed by atoms with Crippen LogP contribution in [0, 0.1) is 4.78 Å². The van der Waals surface area contributed by atoms with Gasteiger partial charge in [-0.25, -0.2) is 9.57 Å². The van der Waals surface area contributed by atoms with Crippen LogP contribution in [0.25, 0.3) is 11.0 Å². The summed E-state index contributed by atoms with van der Waals surface area (Å²) in [4.78, 5) is 11.6. The smallest absolute Gasteiger partial charge is 0.346 e. The molecule has 2 aromatic rings. The first-order valence-electron chi connectivity index (χ1n) is 4.21. The van der Waals surface area contributed by atoms with Crippen molar-refractivity contribution in [3.05, 3.63) is 46.3 Å². The number of nitrogens with two attached hydrogens (primary N) is 1. The maximum atomic E-state index is 11.5. The predicted octanol–water partition coefficient (Wildman–Crippen LogP) is 1.07. The summed E-state index contributed by atoms with van der Waals surface area (Å²) in [6, 6.07) is 8.81. The first-order chi connectivity index (χ1) is 7.22. The average molecular weight is 220 g/mol. The van der Waals surface area contributed by atoms with Crippen LogP contribution in [0.1, 0.15) is 5.56 Å². The number of nitrogens with one attached hydrogen (secondary N) is 1. The Morgan fingerprint density at radius 3 is 2.87 bits per heavy atom. The van der Waals surface area contributed by atoms with E-state index < -0.39 is 5.63 Å². The topological polar surface area (TPSA) is 80.1 Å². The zero-order valence-corrected chi connectivity index (χ0v) is 8.51. The molecule has 1 heterocycles. The minimum atomic E-state index is -0.508. The van der Waals surface area contributed by atoms with Crippen molar-refractivity contribution in [1.82, 2.24) is 0 Å². The van der Waals surface area contributed by atoms with Gasteiger partial charge in [0, 0.05) is 5.39 Å². The molecule has 0 atom stereocenters. The van der Waals surface area contributed by atoms with Crippen molar-refractivity contribution in [3.8, 4) is 0 Å². The van der Waals surface area contributed by atoms with Gasteiger partial charge >= 0.3 is 5.63 Å². The molecule has 4 nitrogen and oxygen atoms in total. The number of rotatable bonds is 1. The quantitative estimate of drug-likeness (QED) is 0.557. The largest absolute Gasteiger partial charge is 0.422 e. The van der Waals surface area contributed by atoms with Crippen LogP contribution in [0.2, 0.25) is 0 Å². The fraction of sp³-hybridized carbons (Fsp3) is 0. The highest BCUT2D eigenvalue weighted by molar-refractivity contribution is 7.67. The normalized spacial score (nSPS) is 10.2. The third-order valence-electron chi connectivity index (χ3n) is 2.02. The van der Waals surface area contributed by atoms with Crippen LogP contribution in [0.5, 0.6) is 0 Å². The minimum absolute atomic E-state index is 0.148. The van der Waals surface area contributed by atoms with E-state index in [0.717, 1.165) is 5.39 Å². The van der Waals surface area contributed by atoms with Gasteiger partial charge in [-0.2, -0.15) is 0 Å². The van der Waals surface area contributed by atoms with Crippen molar-refractivity contribution in [2.75, 3.05) is 0 Å². The minimum Gasteiger partial charge on any atom is -0.422 e. The van der Waals surface area contributed by atoms with E-state index in [0.29, 0.717) is 16.7 Å². The molecule has 0 saturated heterocycles. The molecule has 0 aliphatic carbocycles. The van der Waals surface area contributed by atoms with Gasteiger partial charge in [-0.15, -0.1) is 0 Å². The highest BCUT2D eigenvalue weighted by Gasteiger charge is 2.06. The van der Waals surface area contributed by atoms with Gasteiger partial charge in [0.1, 0.15) is 5.58 Å². The third kappa shape index (κ3) is 1.74. The Morgan fingerprint density at radius 2 is 2.13 bits per heavy atom. The average Bonchev–Trinajstić information content (AvgIpc) is 2.27. The van der Waals surface area contributed by atoms with E-state index in [1.54, 1.807) is 18.2 Å². The Morgan fingerprint density at radius 1 is 1.40 bits per heavy atom.